The maximum absolute atomic E-state index is 12.2. The number of likely N-dealkylation sites (tertiary alicyclic amines) is 1. The summed E-state index contributed by atoms with van der Waals surface area (Å²) < 4.78 is 11.3. The summed E-state index contributed by atoms with van der Waals surface area (Å²) in [4.78, 5) is 38.4. The number of carbonyl (C=O) groups is 3. The molecule has 2 N–H and O–H groups in total. The molecule has 0 aromatic heterocycles. The number of para-hydroxylation sites is 1. The van der Waals surface area contributed by atoms with Crippen LogP contribution in [0.1, 0.15) is 36.5 Å². The van der Waals surface area contributed by atoms with Crippen LogP contribution in [0.5, 0.6) is 11.5 Å². The molecule has 2 aromatic rings. The van der Waals surface area contributed by atoms with Gasteiger partial charge in [0.05, 0.1) is 12.8 Å². The van der Waals surface area contributed by atoms with E-state index in [-0.39, 0.29) is 12.5 Å². The van der Waals surface area contributed by atoms with Gasteiger partial charge in [-0.15, -0.1) is 0 Å². The van der Waals surface area contributed by atoms with Crippen molar-refractivity contribution in [2.24, 2.45) is 5.10 Å². The predicted molar refractivity (Wildman–Crippen MR) is 129 cm³/mol. The minimum Gasteiger partial charge on any atom is -0.490 e. The van der Waals surface area contributed by atoms with Crippen LogP contribution in [0.25, 0.3) is 0 Å². The Kier molecular flexibility index (Phi) is 8.61. The maximum atomic E-state index is 12.2. The standard InChI is InChI=1S/C25H30N4O5/c1-4-33-21-14-19(10-11-20(21)34-16-22(30)29-12-5-6-13-29)15-26-28-25(32)24(31)27-23-17(2)8-7-9-18(23)3/h7-11,14-15H,4-6,12-13,16H2,1-3H3,(H,27,31)(H,28,32)/b26-15-. The molecule has 3 amide bonds. The molecule has 1 fully saturated rings. The first-order valence-electron chi connectivity index (χ1n) is 11.3. The average Bonchev–Trinajstić information content (AvgIpc) is 3.36. The second-order valence-corrected chi connectivity index (χ2v) is 7.94. The van der Waals surface area contributed by atoms with Crippen molar-refractivity contribution in [3.63, 3.8) is 0 Å². The van der Waals surface area contributed by atoms with Crippen LogP contribution in [0.3, 0.4) is 0 Å². The van der Waals surface area contributed by atoms with Crippen molar-refractivity contribution >= 4 is 29.6 Å². The number of anilines is 1. The zero-order chi connectivity index (χ0) is 24.5. The van der Waals surface area contributed by atoms with Crippen molar-refractivity contribution in [3.05, 3.63) is 53.1 Å². The lowest BCUT2D eigenvalue weighted by Gasteiger charge is -2.17. The van der Waals surface area contributed by atoms with E-state index < -0.39 is 11.8 Å². The highest BCUT2D eigenvalue weighted by molar-refractivity contribution is 6.39. The van der Waals surface area contributed by atoms with Crippen LogP contribution >= 0.6 is 0 Å². The van der Waals surface area contributed by atoms with Gasteiger partial charge in [0, 0.05) is 18.8 Å². The van der Waals surface area contributed by atoms with Crippen LogP contribution < -0.4 is 20.2 Å². The molecule has 0 spiro atoms. The molecule has 0 radical (unpaired) electrons. The summed E-state index contributed by atoms with van der Waals surface area (Å²) in [6, 6.07) is 10.7. The molecule has 3 rings (SSSR count). The topological polar surface area (TPSA) is 109 Å². The van der Waals surface area contributed by atoms with E-state index >= 15 is 0 Å². The number of rotatable bonds is 8. The van der Waals surface area contributed by atoms with Gasteiger partial charge in [0.15, 0.2) is 18.1 Å². The van der Waals surface area contributed by atoms with Crippen molar-refractivity contribution in [3.8, 4) is 11.5 Å². The molecule has 0 saturated carbocycles. The number of amides is 3. The van der Waals surface area contributed by atoms with Gasteiger partial charge in [-0.25, -0.2) is 5.43 Å². The van der Waals surface area contributed by atoms with E-state index in [0.29, 0.717) is 29.4 Å². The second kappa shape index (κ2) is 11.8. The minimum absolute atomic E-state index is 0.0486. The van der Waals surface area contributed by atoms with Crippen LogP contribution in [0.15, 0.2) is 41.5 Å². The van der Waals surface area contributed by atoms with Crippen LogP contribution in [-0.2, 0) is 14.4 Å². The first-order chi connectivity index (χ1) is 16.4. The van der Waals surface area contributed by atoms with Gasteiger partial charge in [0.1, 0.15) is 0 Å². The Balaban J connectivity index is 1.58. The fourth-order valence-electron chi connectivity index (χ4n) is 3.59. The zero-order valence-electron chi connectivity index (χ0n) is 19.7. The second-order valence-electron chi connectivity index (χ2n) is 7.94. The highest BCUT2D eigenvalue weighted by Gasteiger charge is 2.19. The average molecular weight is 467 g/mol. The number of nitrogens with one attached hydrogen (secondary N) is 2. The largest absolute Gasteiger partial charge is 0.490 e. The molecule has 1 saturated heterocycles. The lowest BCUT2D eigenvalue weighted by atomic mass is 10.1. The smallest absolute Gasteiger partial charge is 0.329 e. The van der Waals surface area contributed by atoms with Crippen LogP contribution in [0, 0.1) is 13.8 Å². The van der Waals surface area contributed by atoms with Crippen LogP contribution in [0.2, 0.25) is 0 Å². The predicted octanol–water partition coefficient (Wildman–Crippen LogP) is 2.79. The summed E-state index contributed by atoms with van der Waals surface area (Å²) in [6.45, 7) is 7.43. The fourth-order valence-corrected chi connectivity index (χ4v) is 3.59. The van der Waals surface area contributed by atoms with Crippen molar-refractivity contribution < 1.29 is 23.9 Å². The highest BCUT2D eigenvalue weighted by atomic mass is 16.5. The Labute approximate surface area is 199 Å². The molecule has 0 atom stereocenters. The number of hydrogen-bond donors (Lipinski definition) is 2. The first kappa shape index (κ1) is 24.8. The molecule has 0 unspecified atom stereocenters. The molecule has 1 heterocycles. The van der Waals surface area contributed by atoms with Gasteiger partial charge in [-0.05, 0) is 68.5 Å². The van der Waals surface area contributed by atoms with Gasteiger partial charge in [0.25, 0.3) is 5.91 Å². The molecule has 9 nitrogen and oxygen atoms in total. The van der Waals surface area contributed by atoms with Crippen molar-refractivity contribution in [2.45, 2.75) is 33.6 Å². The SMILES string of the molecule is CCOc1cc(/C=N\NC(=O)C(=O)Nc2c(C)cccc2C)ccc1OCC(=O)N1CCCC1. The Morgan fingerprint density at radius 3 is 2.38 bits per heavy atom. The molecule has 180 valence electrons. The number of aryl methyl sites for hydroxylation is 2. The molecular weight excluding hydrogens is 436 g/mol. The molecule has 0 bridgehead atoms. The van der Waals surface area contributed by atoms with Crippen molar-refractivity contribution in [1.29, 1.82) is 0 Å². The van der Waals surface area contributed by atoms with Crippen LogP contribution in [-0.4, -0.2) is 55.1 Å². The summed E-state index contributed by atoms with van der Waals surface area (Å²) >= 11 is 0. The number of ether oxygens (including phenoxy) is 2. The first-order valence-corrected chi connectivity index (χ1v) is 11.3. The van der Waals surface area contributed by atoms with Crippen molar-refractivity contribution in [2.75, 3.05) is 31.6 Å². The summed E-state index contributed by atoms with van der Waals surface area (Å²) in [5.74, 6) is -0.837. The lowest BCUT2D eigenvalue weighted by molar-refractivity contribution is -0.136. The molecule has 0 aliphatic carbocycles. The number of hydrazone groups is 1. The molecule has 2 aromatic carbocycles. The zero-order valence-corrected chi connectivity index (χ0v) is 19.7. The van der Waals surface area contributed by atoms with Gasteiger partial charge in [0.2, 0.25) is 0 Å². The Morgan fingerprint density at radius 2 is 1.71 bits per heavy atom. The Bertz CT molecular complexity index is 1060. The molecule has 34 heavy (non-hydrogen) atoms. The fraction of sp³-hybridized carbons (Fsp3) is 0.360. The number of benzene rings is 2. The summed E-state index contributed by atoms with van der Waals surface area (Å²) in [5, 5.41) is 6.48. The molecular formula is C25H30N4O5. The van der Waals surface area contributed by atoms with Gasteiger partial charge in [-0.2, -0.15) is 5.10 Å². The van der Waals surface area contributed by atoms with E-state index in [0.717, 1.165) is 37.1 Å². The summed E-state index contributed by atoms with van der Waals surface area (Å²) in [5.41, 5.74) is 5.17. The van der Waals surface area contributed by atoms with E-state index in [1.54, 1.807) is 23.1 Å². The molecule has 9 heteroatoms. The third-order valence-corrected chi connectivity index (χ3v) is 5.38. The van der Waals surface area contributed by atoms with E-state index in [1.165, 1.54) is 6.21 Å². The van der Waals surface area contributed by atoms with Gasteiger partial charge in [-0.1, -0.05) is 18.2 Å². The third kappa shape index (κ3) is 6.57. The van der Waals surface area contributed by atoms with Crippen LogP contribution in [0.4, 0.5) is 5.69 Å². The summed E-state index contributed by atoms with van der Waals surface area (Å²) in [6.07, 6.45) is 3.44. The Hall–Kier alpha value is -3.88. The lowest BCUT2D eigenvalue weighted by Crippen LogP contribution is -2.32. The highest BCUT2D eigenvalue weighted by Crippen LogP contribution is 2.28. The van der Waals surface area contributed by atoms with E-state index in [1.807, 2.05) is 39.0 Å². The molecule has 1 aliphatic rings. The minimum atomic E-state index is -0.885. The van der Waals surface area contributed by atoms with E-state index in [2.05, 4.69) is 15.8 Å². The van der Waals surface area contributed by atoms with E-state index in [4.69, 9.17) is 9.47 Å². The quantitative estimate of drug-likeness (QED) is 0.353. The molecule has 1 aliphatic heterocycles. The third-order valence-electron chi connectivity index (χ3n) is 5.38. The normalized spacial score (nSPS) is 13.1. The van der Waals surface area contributed by atoms with E-state index in [9.17, 15) is 14.4 Å². The number of hydrogen-bond acceptors (Lipinski definition) is 6. The maximum Gasteiger partial charge on any atom is 0.329 e. The number of carbonyl (C=O) groups excluding carboxylic acids is 3. The van der Waals surface area contributed by atoms with Gasteiger partial charge < -0.3 is 19.7 Å². The van der Waals surface area contributed by atoms with Gasteiger partial charge in [-0.3, -0.25) is 14.4 Å². The summed E-state index contributed by atoms with van der Waals surface area (Å²) in [7, 11) is 0. The number of nitrogens with zero attached hydrogens (tertiary/aromatic N) is 2. The Morgan fingerprint density at radius 1 is 1.00 bits per heavy atom. The van der Waals surface area contributed by atoms with Gasteiger partial charge >= 0.3 is 11.8 Å². The van der Waals surface area contributed by atoms with Crippen molar-refractivity contribution in [1.82, 2.24) is 10.3 Å². The monoisotopic (exact) mass is 466 g/mol.